The summed E-state index contributed by atoms with van der Waals surface area (Å²) in [5, 5.41) is 22.8. The molecule has 9 nitrogen and oxygen atoms in total. The first-order chi connectivity index (χ1) is 13.2. The van der Waals surface area contributed by atoms with Crippen LogP contribution < -0.4 is 5.73 Å². The second-order valence-electron chi connectivity index (χ2n) is 7.21. The summed E-state index contributed by atoms with van der Waals surface area (Å²) in [6, 6.07) is 4.79. The van der Waals surface area contributed by atoms with Gasteiger partial charge in [0.25, 0.3) is 0 Å². The molecule has 0 radical (unpaired) electrons. The molecule has 1 heterocycles. The van der Waals surface area contributed by atoms with E-state index in [1.54, 1.807) is 6.07 Å². The van der Waals surface area contributed by atoms with Crippen molar-refractivity contribution in [2.75, 3.05) is 20.1 Å². The Labute approximate surface area is 168 Å². The van der Waals surface area contributed by atoms with Crippen molar-refractivity contribution in [1.82, 2.24) is 9.91 Å². The van der Waals surface area contributed by atoms with Gasteiger partial charge in [-0.1, -0.05) is 23.7 Å². The Bertz CT molecular complexity index is 733. The van der Waals surface area contributed by atoms with Crippen molar-refractivity contribution in [2.45, 2.75) is 37.8 Å². The quantitative estimate of drug-likeness (QED) is 0.501. The third kappa shape index (κ3) is 5.40. The molecule has 1 aliphatic carbocycles. The van der Waals surface area contributed by atoms with E-state index in [0.717, 1.165) is 30.8 Å². The lowest BCUT2D eigenvalue weighted by Crippen LogP contribution is -2.44. The monoisotopic (exact) mass is 412 g/mol. The lowest BCUT2D eigenvalue weighted by atomic mass is 9.67. The second-order valence-corrected chi connectivity index (χ2v) is 7.62. The van der Waals surface area contributed by atoms with E-state index in [9.17, 15) is 19.6 Å². The van der Waals surface area contributed by atoms with Crippen LogP contribution in [0.25, 0.3) is 0 Å². The highest BCUT2D eigenvalue weighted by Crippen LogP contribution is 2.46. The largest absolute Gasteiger partial charge is 0.481 e. The zero-order valence-electron chi connectivity index (χ0n) is 15.7. The van der Waals surface area contributed by atoms with Crippen LogP contribution in [-0.4, -0.2) is 52.3 Å². The van der Waals surface area contributed by atoms with Crippen molar-refractivity contribution in [2.24, 2.45) is 16.9 Å². The maximum atomic E-state index is 10.9. The molecule has 0 aromatic heterocycles. The van der Waals surface area contributed by atoms with Gasteiger partial charge in [0.15, 0.2) is 0 Å². The van der Waals surface area contributed by atoms with Crippen LogP contribution in [0.5, 0.6) is 0 Å². The topological polar surface area (TPSA) is 137 Å². The van der Waals surface area contributed by atoms with Crippen LogP contribution in [0.2, 0.25) is 5.02 Å². The van der Waals surface area contributed by atoms with E-state index in [1.807, 2.05) is 12.1 Å². The van der Waals surface area contributed by atoms with Crippen molar-refractivity contribution < 1.29 is 19.8 Å². The standard InChI is InChI=1S/C16H20ClNO3.C2H5N3O2/c17-14-7-13(16(21)8-12(9-16)15(19)20)4-3-11(14)10-18-5-1-2-6-18;1-5(4-7)2(3)6/h3-4,7,12,21H,1-2,5-6,8-10H2,(H,19,20);1H3,(H2,3,6). The summed E-state index contributed by atoms with van der Waals surface area (Å²) in [4.78, 5) is 32.4. The van der Waals surface area contributed by atoms with E-state index in [-0.39, 0.29) is 12.8 Å². The smallest absolute Gasteiger partial charge is 0.337 e. The maximum Gasteiger partial charge on any atom is 0.337 e. The van der Waals surface area contributed by atoms with Crippen LogP contribution in [-0.2, 0) is 16.9 Å². The van der Waals surface area contributed by atoms with Crippen molar-refractivity contribution in [3.05, 3.63) is 39.3 Å². The zero-order chi connectivity index (χ0) is 20.9. The molecule has 0 spiro atoms. The molecule has 10 heteroatoms. The number of rotatable bonds is 5. The number of urea groups is 1. The average molecular weight is 413 g/mol. The first-order valence-electron chi connectivity index (χ1n) is 8.99. The fourth-order valence-electron chi connectivity index (χ4n) is 3.35. The highest BCUT2D eigenvalue weighted by atomic mass is 35.5. The molecule has 0 unspecified atom stereocenters. The highest BCUT2D eigenvalue weighted by Gasteiger charge is 2.47. The molecule has 1 aromatic carbocycles. The lowest BCUT2D eigenvalue weighted by molar-refractivity contribution is -0.159. The third-order valence-corrected chi connectivity index (χ3v) is 5.49. The number of hydrogen-bond acceptors (Lipinski definition) is 6. The van der Waals surface area contributed by atoms with Crippen LogP contribution in [0.3, 0.4) is 0 Å². The van der Waals surface area contributed by atoms with Gasteiger partial charge in [-0.15, -0.1) is 4.91 Å². The molecular weight excluding hydrogens is 388 g/mol. The molecule has 28 heavy (non-hydrogen) atoms. The SMILES string of the molecule is CN(N=O)C(N)=O.O=C(O)C1CC(O)(c2ccc(CN3CCCC3)c(Cl)c2)C1. The molecule has 1 saturated carbocycles. The van der Waals surface area contributed by atoms with Crippen molar-refractivity contribution >= 4 is 23.6 Å². The number of nitroso groups, excluding NO2 is 1. The molecule has 1 saturated heterocycles. The summed E-state index contributed by atoms with van der Waals surface area (Å²) in [6.07, 6.45) is 3.02. The summed E-state index contributed by atoms with van der Waals surface area (Å²) in [6.45, 7) is 3.07. The Hall–Kier alpha value is -2.23. The summed E-state index contributed by atoms with van der Waals surface area (Å²) in [5.41, 5.74) is 5.31. The first-order valence-corrected chi connectivity index (χ1v) is 9.37. The molecule has 0 bridgehead atoms. The fourth-order valence-corrected chi connectivity index (χ4v) is 3.59. The van der Waals surface area contributed by atoms with Crippen molar-refractivity contribution in [3.63, 3.8) is 0 Å². The van der Waals surface area contributed by atoms with Gasteiger partial charge in [0.1, 0.15) is 0 Å². The fraction of sp³-hybridized carbons (Fsp3) is 0.556. The highest BCUT2D eigenvalue weighted by molar-refractivity contribution is 6.31. The third-order valence-electron chi connectivity index (χ3n) is 5.14. The number of benzene rings is 1. The number of likely N-dealkylation sites (tertiary alicyclic amines) is 1. The number of aliphatic carboxylic acids is 1. The summed E-state index contributed by atoms with van der Waals surface area (Å²) < 4.78 is 0. The van der Waals surface area contributed by atoms with Crippen LogP contribution in [0, 0.1) is 10.8 Å². The van der Waals surface area contributed by atoms with Crippen LogP contribution >= 0.6 is 11.6 Å². The molecule has 154 valence electrons. The number of primary amides is 1. The van der Waals surface area contributed by atoms with Gasteiger partial charge in [-0.25, -0.2) is 4.79 Å². The normalized spacial score (nSPS) is 23.9. The predicted octanol–water partition coefficient (Wildman–Crippen LogP) is 2.30. The molecule has 4 N–H and O–H groups in total. The maximum absolute atomic E-state index is 10.9. The number of carboxylic acids is 1. The van der Waals surface area contributed by atoms with Crippen molar-refractivity contribution in [3.8, 4) is 0 Å². The Kier molecular flexibility index (Phi) is 7.34. The number of halogens is 1. The van der Waals surface area contributed by atoms with E-state index >= 15 is 0 Å². The van der Waals surface area contributed by atoms with Gasteiger partial charge in [0.05, 0.1) is 16.8 Å². The molecule has 3 rings (SSSR count). The minimum atomic E-state index is -1.03. The average Bonchev–Trinajstić information content (AvgIpc) is 3.13. The number of carbonyl (C=O) groups is 2. The van der Waals surface area contributed by atoms with Crippen LogP contribution in [0.4, 0.5) is 4.79 Å². The Morgan fingerprint density at radius 2 is 1.96 bits per heavy atom. The zero-order valence-corrected chi connectivity index (χ0v) is 16.4. The van der Waals surface area contributed by atoms with Crippen LogP contribution in [0.1, 0.15) is 36.8 Å². The number of carboxylic acid groups (broad SMARTS) is 1. The lowest BCUT2D eigenvalue weighted by Gasteiger charge is -2.42. The van der Waals surface area contributed by atoms with E-state index < -0.39 is 23.5 Å². The Morgan fingerprint density at radius 3 is 2.39 bits per heavy atom. The minimum absolute atomic E-state index is 0.268. The number of aliphatic hydroxyl groups is 1. The predicted molar refractivity (Wildman–Crippen MR) is 103 cm³/mol. The molecule has 1 aromatic rings. The minimum Gasteiger partial charge on any atom is -0.481 e. The van der Waals surface area contributed by atoms with Gasteiger partial charge in [0.2, 0.25) is 0 Å². The number of hydrogen-bond donors (Lipinski definition) is 3. The first kappa shape index (κ1) is 22.1. The molecule has 2 fully saturated rings. The van der Waals surface area contributed by atoms with Gasteiger partial charge in [-0.3, -0.25) is 9.69 Å². The molecular formula is C18H25ClN4O5. The summed E-state index contributed by atoms with van der Waals surface area (Å²) in [7, 11) is 1.18. The number of carbonyl (C=O) groups excluding carboxylic acids is 1. The molecule has 0 atom stereocenters. The summed E-state index contributed by atoms with van der Waals surface area (Å²) >= 11 is 6.34. The Balaban J connectivity index is 0.000000345. The van der Waals surface area contributed by atoms with Crippen LogP contribution in [0.15, 0.2) is 23.5 Å². The number of nitrogens with zero attached hydrogens (tertiary/aromatic N) is 3. The molecule has 1 aliphatic heterocycles. The number of amides is 2. The van der Waals surface area contributed by atoms with Gasteiger partial charge < -0.3 is 15.9 Å². The van der Waals surface area contributed by atoms with E-state index in [4.69, 9.17) is 16.7 Å². The molecule has 2 amide bonds. The number of nitrogens with two attached hydrogens (primary N) is 1. The summed E-state index contributed by atoms with van der Waals surface area (Å²) in [5.74, 6) is -1.28. The molecule has 2 aliphatic rings. The Morgan fingerprint density at radius 1 is 1.36 bits per heavy atom. The van der Waals surface area contributed by atoms with Gasteiger partial charge in [-0.2, -0.15) is 5.01 Å². The van der Waals surface area contributed by atoms with E-state index in [2.05, 4.69) is 15.9 Å². The van der Waals surface area contributed by atoms with Gasteiger partial charge in [0, 0.05) is 18.6 Å². The van der Waals surface area contributed by atoms with E-state index in [1.165, 1.54) is 19.9 Å². The van der Waals surface area contributed by atoms with E-state index in [0.29, 0.717) is 10.0 Å². The van der Waals surface area contributed by atoms with Crippen molar-refractivity contribution in [1.29, 1.82) is 0 Å². The van der Waals surface area contributed by atoms with Gasteiger partial charge >= 0.3 is 12.0 Å². The van der Waals surface area contributed by atoms with Gasteiger partial charge in [-0.05, 0) is 56.0 Å². The second kappa shape index (κ2) is 9.31.